The van der Waals surface area contributed by atoms with E-state index in [4.69, 9.17) is 0 Å². The van der Waals surface area contributed by atoms with Crippen LogP contribution in [0, 0.1) is 0 Å². The van der Waals surface area contributed by atoms with E-state index >= 15 is 0 Å². The van der Waals surface area contributed by atoms with Gasteiger partial charge < -0.3 is 9.97 Å². The molecule has 0 spiro atoms. The monoisotopic (exact) mass is 232 g/mol. The van der Waals surface area contributed by atoms with E-state index in [-0.39, 0.29) is 0 Å². The lowest BCUT2D eigenvalue weighted by molar-refractivity contribution is 1.39. The van der Waals surface area contributed by atoms with Crippen LogP contribution in [0.3, 0.4) is 0 Å². The van der Waals surface area contributed by atoms with Gasteiger partial charge in [0.2, 0.25) is 0 Å². The minimum absolute atomic E-state index is 0.805. The van der Waals surface area contributed by atoms with Crippen LogP contribution >= 0.6 is 0 Å². The van der Waals surface area contributed by atoms with Gasteiger partial charge >= 0.3 is 0 Å². The Balaban J connectivity index is 2.36. The van der Waals surface area contributed by atoms with Gasteiger partial charge in [-0.15, -0.1) is 0 Å². The normalized spacial score (nSPS) is 12.4. The van der Waals surface area contributed by atoms with E-state index in [1.807, 2.05) is 12.1 Å². The standard InChI is InChI=1S/C14H8N4/c1-3-7-8-4-2-6-10-12(8)18-14(16-10)13-15-9(5-1)11(7)17-13/h1-6H,(H,15,17)(H,16,18). The Labute approximate surface area is 101 Å². The van der Waals surface area contributed by atoms with Crippen molar-refractivity contribution in [3.05, 3.63) is 36.4 Å². The molecule has 0 aliphatic rings. The number of imidazole rings is 2. The largest absolute Gasteiger partial charge is 0.335 e. The highest BCUT2D eigenvalue weighted by Gasteiger charge is 2.11. The number of rotatable bonds is 0. The van der Waals surface area contributed by atoms with Crippen LogP contribution in [0.4, 0.5) is 0 Å². The molecule has 0 aliphatic heterocycles. The van der Waals surface area contributed by atoms with Crippen molar-refractivity contribution in [3.63, 3.8) is 0 Å². The quantitative estimate of drug-likeness (QED) is 0.431. The van der Waals surface area contributed by atoms with Gasteiger partial charge in [-0.25, -0.2) is 9.97 Å². The van der Waals surface area contributed by atoms with Crippen molar-refractivity contribution in [2.24, 2.45) is 0 Å². The second-order valence-electron chi connectivity index (χ2n) is 4.57. The Hall–Kier alpha value is -2.62. The van der Waals surface area contributed by atoms with Crippen molar-refractivity contribution in [3.8, 4) is 0 Å². The number of aromatic amines is 2. The van der Waals surface area contributed by atoms with Crippen molar-refractivity contribution < 1.29 is 0 Å². The molecule has 4 heteroatoms. The Bertz CT molecular complexity index is 938. The SMILES string of the molecule is c1cc2[nH]c3nc2c(c1)c1cccc2[nH]c3nc21. The van der Waals surface area contributed by atoms with Gasteiger partial charge in [0.05, 0.1) is 22.1 Å². The molecule has 0 saturated carbocycles. The molecular weight excluding hydrogens is 224 g/mol. The summed E-state index contributed by atoms with van der Waals surface area (Å²) in [6, 6.07) is 12.4. The number of fused-ring (bicyclic) bond motifs is 4. The summed E-state index contributed by atoms with van der Waals surface area (Å²) in [5.41, 5.74) is 5.75. The minimum atomic E-state index is 0.805. The minimum Gasteiger partial charge on any atom is -0.335 e. The molecule has 0 atom stereocenters. The van der Waals surface area contributed by atoms with E-state index < -0.39 is 0 Å². The molecule has 2 N–H and O–H groups in total. The average molecular weight is 232 g/mol. The molecule has 0 fully saturated rings. The first kappa shape index (κ1) is 8.47. The fourth-order valence-corrected chi connectivity index (χ4v) is 2.72. The molecule has 0 aliphatic carbocycles. The summed E-state index contributed by atoms with van der Waals surface area (Å²) in [4.78, 5) is 15.9. The van der Waals surface area contributed by atoms with Crippen molar-refractivity contribution in [2.75, 3.05) is 0 Å². The zero-order chi connectivity index (χ0) is 11.7. The smallest absolute Gasteiger partial charge is 0.174 e. The van der Waals surface area contributed by atoms with E-state index in [0.29, 0.717) is 0 Å². The van der Waals surface area contributed by atoms with Crippen LogP contribution in [0.25, 0.3) is 44.1 Å². The highest BCUT2D eigenvalue weighted by atomic mass is 15.0. The number of benzene rings is 2. The number of nitrogens with one attached hydrogen (secondary N) is 2. The van der Waals surface area contributed by atoms with Crippen molar-refractivity contribution in [2.45, 2.75) is 0 Å². The zero-order valence-electron chi connectivity index (χ0n) is 9.36. The zero-order valence-corrected chi connectivity index (χ0v) is 9.36. The molecule has 18 heavy (non-hydrogen) atoms. The summed E-state index contributed by atoms with van der Waals surface area (Å²) >= 11 is 0. The van der Waals surface area contributed by atoms with Crippen molar-refractivity contribution in [1.82, 2.24) is 19.9 Å². The predicted octanol–water partition coefficient (Wildman–Crippen LogP) is 3.18. The highest BCUT2D eigenvalue weighted by Crippen LogP contribution is 2.29. The lowest BCUT2D eigenvalue weighted by Gasteiger charge is -1.97. The third-order valence-corrected chi connectivity index (χ3v) is 3.54. The van der Waals surface area contributed by atoms with Gasteiger partial charge in [0.1, 0.15) is 0 Å². The Kier molecular flexibility index (Phi) is 1.23. The predicted molar refractivity (Wildman–Crippen MR) is 71.9 cm³/mol. The summed E-state index contributed by atoms with van der Waals surface area (Å²) in [5, 5.41) is 2.27. The van der Waals surface area contributed by atoms with Crippen LogP contribution in [0.5, 0.6) is 0 Å². The van der Waals surface area contributed by atoms with Gasteiger partial charge in [-0.2, -0.15) is 0 Å². The average Bonchev–Trinajstić information content (AvgIpc) is 2.99. The number of hydrogen-bond acceptors (Lipinski definition) is 2. The number of hydrogen-bond donors (Lipinski definition) is 2. The van der Waals surface area contributed by atoms with Gasteiger partial charge in [0.25, 0.3) is 0 Å². The molecule has 0 unspecified atom stereocenters. The maximum absolute atomic E-state index is 4.65. The van der Waals surface area contributed by atoms with Crippen LogP contribution < -0.4 is 0 Å². The third-order valence-electron chi connectivity index (χ3n) is 3.54. The molecule has 84 valence electrons. The van der Waals surface area contributed by atoms with Gasteiger partial charge in [-0.05, 0) is 12.1 Å². The first-order chi connectivity index (χ1) is 8.90. The maximum atomic E-state index is 4.65. The molecule has 3 aromatic heterocycles. The number of H-pyrrole nitrogens is 2. The summed E-state index contributed by atoms with van der Waals surface area (Å²) in [5.74, 6) is 0. The van der Waals surface area contributed by atoms with Gasteiger partial charge in [0, 0.05) is 10.8 Å². The van der Waals surface area contributed by atoms with E-state index in [0.717, 1.165) is 44.1 Å². The van der Waals surface area contributed by atoms with Crippen LogP contribution in [0.15, 0.2) is 36.4 Å². The summed E-state index contributed by atoms with van der Waals surface area (Å²) in [6.45, 7) is 0. The van der Waals surface area contributed by atoms with Crippen LogP contribution in [-0.2, 0) is 0 Å². The molecule has 3 heterocycles. The Morgan fingerprint density at radius 2 is 1.17 bits per heavy atom. The maximum Gasteiger partial charge on any atom is 0.174 e. The molecule has 0 amide bonds. The Morgan fingerprint density at radius 1 is 0.667 bits per heavy atom. The second-order valence-corrected chi connectivity index (χ2v) is 4.57. The lowest BCUT2D eigenvalue weighted by Crippen LogP contribution is -1.77. The van der Waals surface area contributed by atoms with Gasteiger partial charge in [0.15, 0.2) is 11.3 Å². The number of aromatic nitrogens is 4. The van der Waals surface area contributed by atoms with E-state index in [2.05, 4.69) is 44.2 Å². The molecular formula is C14H8N4. The molecule has 5 rings (SSSR count). The van der Waals surface area contributed by atoms with Crippen LogP contribution in [-0.4, -0.2) is 19.9 Å². The lowest BCUT2D eigenvalue weighted by atomic mass is 10.1. The number of nitrogens with zero attached hydrogens (tertiary/aromatic N) is 2. The van der Waals surface area contributed by atoms with E-state index in [1.165, 1.54) is 0 Å². The fraction of sp³-hybridized carbons (Fsp3) is 0. The molecule has 0 radical (unpaired) electrons. The Morgan fingerprint density at radius 3 is 1.67 bits per heavy atom. The topological polar surface area (TPSA) is 57.4 Å². The summed E-state index contributed by atoms with van der Waals surface area (Å²) in [6.07, 6.45) is 0. The third kappa shape index (κ3) is 0.841. The molecule has 4 bridgehead atoms. The van der Waals surface area contributed by atoms with Crippen molar-refractivity contribution in [1.29, 1.82) is 0 Å². The van der Waals surface area contributed by atoms with Gasteiger partial charge in [-0.1, -0.05) is 24.3 Å². The van der Waals surface area contributed by atoms with Crippen LogP contribution in [0.2, 0.25) is 0 Å². The van der Waals surface area contributed by atoms with Crippen LogP contribution in [0.1, 0.15) is 0 Å². The highest BCUT2D eigenvalue weighted by molar-refractivity contribution is 6.14. The summed E-state index contributed by atoms with van der Waals surface area (Å²) < 4.78 is 0. The first-order valence-electron chi connectivity index (χ1n) is 5.88. The van der Waals surface area contributed by atoms with Gasteiger partial charge in [-0.3, -0.25) is 0 Å². The molecule has 5 aromatic rings. The number of para-hydroxylation sites is 2. The second kappa shape index (κ2) is 2.61. The van der Waals surface area contributed by atoms with E-state index in [9.17, 15) is 0 Å². The first-order valence-corrected chi connectivity index (χ1v) is 5.88. The fourth-order valence-electron chi connectivity index (χ4n) is 2.72. The molecule has 0 saturated heterocycles. The summed E-state index contributed by atoms with van der Waals surface area (Å²) in [7, 11) is 0. The molecule has 2 aromatic carbocycles. The van der Waals surface area contributed by atoms with Crippen molar-refractivity contribution >= 4 is 44.1 Å². The molecule has 4 nitrogen and oxygen atoms in total. The van der Waals surface area contributed by atoms with E-state index in [1.54, 1.807) is 0 Å².